The second-order valence-electron chi connectivity index (χ2n) is 4.68. The Morgan fingerprint density at radius 1 is 1.09 bits per heavy atom. The predicted octanol–water partition coefficient (Wildman–Crippen LogP) is 2.81. The highest BCUT2D eigenvalue weighted by Crippen LogP contribution is 2.27. The minimum atomic E-state index is -3.75. The Kier molecular flexibility index (Phi) is 3.71. The molecule has 1 heterocycles. The van der Waals surface area contributed by atoms with Crippen LogP contribution in [0.3, 0.4) is 0 Å². The summed E-state index contributed by atoms with van der Waals surface area (Å²) in [4.78, 5) is 0.162. The molecule has 0 saturated heterocycles. The van der Waals surface area contributed by atoms with Crippen LogP contribution in [0.5, 0.6) is 5.75 Å². The van der Waals surface area contributed by atoms with Crippen molar-refractivity contribution in [3.8, 4) is 5.75 Å². The van der Waals surface area contributed by atoms with Gasteiger partial charge in [0.25, 0.3) is 10.0 Å². The average Bonchev–Trinajstić information content (AvgIpc) is 2.95. The molecule has 0 saturated carbocycles. The third kappa shape index (κ3) is 2.62. The highest BCUT2D eigenvalue weighted by atomic mass is 32.2. The van der Waals surface area contributed by atoms with Crippen molar-refractivity contribution in [3.05, 3.63) is 42.0 Å². The lowest BCUT2D eigenvalue weighted by molar-refractivity contribution is 0.415. The summed E-state index contributed by atoms with van der Waals surface area (Å²) in [5, 5.41) is 0. The number of methoxy groups -OCH3 is 1. The summed E-state index contributed by atoms with van der Waals surface area (Å²) < 4.78 is 41.2. The fourth-order valence-electron chi connectivity index (χ4n) is 2.13. The molecule has 0 fully saturated rings. The van der Waals surface area contributed by atoms with Gasteiger partial charge in [0.05, 0.1) is 18.8 Å². The average molecular weight is 335 g/mol. The molecule has 22 heavy (non-hydrogen) atoms. The standard InChI is InChI=1S/C14H13N3O3S2/c1-9-3-8-12-13(16-21-15-12)14(9)22(18,19)17-10-4-6-11(20-2)7-5-10/h3-8,17H,1-2H3. The fourth-order valence-corrected chi connectivity index (χ4v) is 4.18. The SMILES string of the molecule is COc1ccc(NS(=O)(=O)c2c(C)ccc3nsnc23)cc1. The van der Waals surface area contributed by atoms with Gasteiger partial charge in [0.2, 0.25) is 0 Å². The number of hydrogen-bond donors (Lipinski definition) is 1. The van der Waals surface area contributed by atoms with Crippen molar-refractivity contribution in [2.75, 3.05) is 11.8 Å². The Labute approximate surface area is 132 Å². The maximum atomic E-state index is 12.7. The first kappa shape index (κ1) is 14.7. The summed E-state index contributed by atoms with van der Waals surface area (Å²) in [6.45, 7) is 1.74. The van der Waals surface area contributed by atoms with Gasteiger partial charge in [-0.1, -0.05) is 6.07 Å². The monoisotopic (exact) mass is 335 g/mol. The van der Waals surface area contributed by atoms with Gasteiger partial charge in [-0.05, 0) is 42.8 Å². The van der Waals surface area contributed by atoms with Gasteiger partial charge in [0.1, 0.15) is 21.7 Å². The summed E-state index contributed by atoms with van der Waals surface area (Å²) in [6, 6.07) is 10.2. The van der Waals surface area contributed by atoms with Crippen molar-refractivity contribution in [1.29, 1.82) is 0 Å². The van der Waals surface area contributed by atoms with Crippen LogP contribution in [-0.4, -0.2) is 24.3 Å². The number of anilines is 1. The smallest absolute Gasteiger partial charge is 0.264 e. The topological polar surface area (TPSA) is 81.2 Å². The van der Waals surface area contributed by atoms with E-state index in [0.29, 0.717) is 28.0 Å². The third-order valence-electron chi connectivity index (χ3n) is 3.19. The second-order valence-corrected chi connectivity index (χ2v) is 6.83. The maximum Gasteiger partial charge on any atom is 0.264 e. The van der Waals surface area contributed by atoms with E-state index in [0.717, 1.165) is 11.7 Å². The van der Waals surface area contributed by atoms with Crippen LogP contribution >= 0.6 is 11.7 Å². The molecule has 0 unspecified atom stereocenters. The molecule has 0 radical (unpaired) electrons. The van der Waals surface area contributed by atoms with Crippen LogP contribution in [0.25, 0.3) is 11.0 Å². The van der Waals surface area contributed by atoms with E-state index < -0.39 is 10.0 Å². The van der Waals surface area contributed by atoms with E-state index in [-0.39, 0.29) is 4.90 Å². The lowest BCUT2D eigenvalue weighted by Crippen LogP contribution is -2.14. The van der Waals surface area contributed by atoms with E-state index in [1.54, 1.807) is 50.4 Å². The number of hydrogen-bond acceptors (Lipinski definition) is 6. The van der Waals surface area contributed by atoms with Crippen molar-refractivity contribution < 1.29 is 13.2 Å². The van der Waals surface area contributed by atoms with Gasteiger partial charge >= 0.3 is 0 Å². The number of nitrogens with zero attached hydrogens (tertiary/aromatic N) is 2. The summed E-state index contributed by atoms with van der Waals surface area (Å²) in [5.74, 6) is 0.657. The molecule has 3 aromatic rings. The van der Waals surface area contributed by atoms with Gasteiger partial charge in [-0.25, -0.2) is 8.42 Å². The molecule has 0 aliphatic carbocycles. The molecule has 1 aromatic heterocycles. The van der Waals surface area contributed by atoms with Crippen LogP contribution in [0.15, 0.2) is 41.3 Å². The second kappa shape index (κ2) is 5.54. The molecule has 0 bridgehead atoms. The van der Waals surface area contributed by atoms with Gasteiger partial charge in [0, 0.05) is 5.69 Å². The molecule has 2 aromatic carbocycles. The van der Waals surface area contributed by atoms with Crippen LogP contribution in [0.4, 0.5) is 5.69 Å². The van der Waals surface area contributed by atoms with Crippen LogP contribution in [0.1, 0.15) is 5.56 Å². The minimum absolute atomic E-state index is 0.162. The van der Waals surface area contributed by atoms with Crippen molar-refractivity contribution in [2.24, 2.45) is 0 Å². The van der Waals surface area contributed by atoms with Crippen LogP contribution in [0, 0.1) is 6.92 Å². The Morgan fingerprint density at radius 3 is 2.50 bits per heavy atom. The summed E-state index contributed by atoms with van der Waals surface area (Å²) in [5.41, 5.74) is 2.05. The Hall–Kier alpha value is -2.19. The largest absolute Gasteiger partial charge is 0.497 e. The number of aromatic nitrogens is 2. The zero-order valence-corrected chi connectivity index (χ0v) is 13.5. The summed E-state index contributed by atoms with van der Waals surface area (Å²) in [6.07, 6.45) is 0. The van der Waals surface area contributed by atoms with Crippen molar-refractivity contribution in [3.63, 3.8) is 0 Å². The van der Waals surface area contributed by atoms with E-state index in [2.05, 4.69) is 13.5 Å². The van der Waals surface area contributed by atoms with Crippen LogP contribution < -0.4 is 9.46 Å². The minimum Gasteiger partial charge on any atom is -0.497 e. The van der Waals surface area contributed by atoms with Crippen molar-refractivity contribution >= 4 is 38.5 Å². The van der Waals surface area contributed by atoms with Crippen LogP contribution in [-0.2, 0) is 10.0 Å². The Morgan fingerprint density at radius 2 is 1.82 bits per heavy atom. The fraction of sp³-hybridized carbons (Fsp3) is 0.143. The van der Waals surface area contributed by atoms with E-state index in [1.165, 1.54) is 0 Å². The van der Waals surface area contributed by atoms with E-state index in [1.807, 2.05) is 0 Å². The van der Waals surface area contributed by atoms with Gasteiger partial charge in [-0.2, -0.15) is 8.75 Å². The van der Waals surface area contributed by atoms with E-state index in [9.17, 15) is 8.42 Å². The lowest BCUT2D eigenvalue weighted by Gasteiger charge is -2.11. The zero-order chi connectivity index (χ0) is 15.7. The highest BCUT2D eigenvalue weighted by Gasteiger charge is 2.22. The van der Waals surface area contributed by atoms with E-state index >= 15 is 0 Å². The maximum absolute atomic E-state index is 12.7. The predicted molar refractivity (Wildman–Crippen MR) is 86.0 cm³/mol. The van der Waals surface area contributed by atoms with Gasteiger partial charge < -0.3 is 4.74 Å². The normalized spacial score (nSPS) is 11.5. The molecule has 0 amide bonds. The van der Waals surface area contributed by atoms with Crippen molar-refractivity contribution in [1.82, 2.24) is 8.75 Å². The Balaban J connectivity index is 2.04. The zero-order valence-electron chi connectivity index (χ0n) is 11.9. The summed E-state index contributed by atoms with van der Waals surface area (Å²) in [7, 11) is -2.19. The highest BCUT2D eigenvalue weighted by molar-refractivity contribution is 7.93. The quantitative estimate of drug-likeness (QED) is 0.793. The molecule has 1 N–H and O–H groups in total. The molecule has 3 rings (SSSR count). The number of benzene rings is 2. The molecule has 114 valence electrons. The number of nitrogens with one attached hydrogen (secondary N) is 1. The first-order valence-corrected chi connectivity index (χ1v) is 8.61. The number of aryl methyl sites for hydroxylation is 1. The molecular formula is C14H13N3O3S2. The molecular weight excluding hydrogens is 322 g/mol. The molecule has 8 heteroatoms. The van der Waals surface area contributed by atoms with Crippen molar-refractivity contribution in [2.45, 2.75) is 11.8 Å². The molecule has 0 atom stereocenters. The van der Waals surface area contributed by atoms with Gasteiger partial charge in [-0.15, -0.1) is 0 Å². The number of fused-ring (bicyclic) bond motifs is 1. The number of sulfonamides is 1. The van der Waals surface area contributed by atoms with Gasteiger partial charge in [0.15, 0.2) is 0 Å². The van der Waals surface area contributed by atoms with Gasteiger partial charge in [-0.3, -0.25) is 4.72 Å². The first-order valence-electron chi connectivity index (χ1n) is 6.40. The van der Waals surface area contributed by atoms with Crippen LogP contribution in [0.2, 0.25) is 0 Å². The Bertz CT molecular complexity index is 918. The third-order valence-corrected chi connectivity index (χ3v) is 5.29. The number of ether oxygens (including phenoxy) is 1. The lowest BCUT2D eigenvalue weighted by atomic mass is 10.2. The molecule has 0 aliphatic heterocycles. The van der Waals surface area contributed by atoms with E-state index in [4.69, 9.17) is 4.74 Å². The molecule has 0 aliphatic rings. The molecule has 6 nitrogen and oxygen atoms in total. The summed E-state index contributed by atoms with van der Waals surface area (Å²) >= 11 is 0.994. The first-order chi connectivity index (χ1) is 10.5. The molecule has 0 spiro atoms. The number of rotatable bonds is 4.